The molecule has 0 rings (SSSR count). The van der Waals surface area contributed by atoms with Crippen LogP contribution in [0.25, 0.3) is 0 Å². The summed E-state index contributed by atoms with van der Waals surface area (Å²) in [5, 5.41) is 7.37. The van der Waals surface area contributed by atoms with Gasteiger partial charge >= 0.3 is 0 Å². The van der Waals surface area contributed by atoms with Crippen molar-refractivity contribution in [1.29, 1.82) is 5.41 Å². The van der Waals surface area contributed by atoms with E-state index in [4.69, 9.17) is 11.1 Å². The van der Waals surface area contributed by atoms with Crippen molar-refractivity contribution in [2.75, 3.05) is 33.7 Å². The van der Waals surface area contributed by atoms with Crippen molar-refractivity contribution >= 4 is 5.96 Å². The van der Waals surface area contributed by atoms with Gasteiger partial charge < -0.3 is 15.5 Å². The molecule has 3 N–H and O–H groups in total. The maximum absolute atomic E-state index is 7.37. The van der Waals surface area contributed by atoms with Gasteiger partial charge in [-0.25, -0.2) is 0 Å². The molecule has 4 nitrogen and oxygen atoms in total. The molecular formula is C9H22N4. The summed E-state index contributed by atoms with van der Waals surface area (Å²) in [4.78, 5) is 4.00. The van der Waals surface area contributed by atoms with E-state index in [2.05, 4.69) is 18.7 Å². The average molecular weight is 186 g/mol. The monoisotopic (exact) mass is 186 g/mol. The highest BCUT2D eigenvalue weighted by Crippen LogP contribution is 1.97. The Bertz CT molecular complexity index is 154. The predicted octanol–water partition coefficient (Wildman–Crippen LogP) is 0.399. The molecule has 0 fully saturated rings. The molecule has 0 aromatic heterocycles. The van der Waals surface area contributed by atoms with Crippen molar-refractivity contribution in [3.63, 3.8) is 0 Å². The lowest BCUT2D eigenvalue weighted by Crippen LogP contribution is -2.42. The summed E-state index contributed by atoms with van der Waals surface area (Å²) in [5.41, 5.74) is 5.46. The fraction of sp³-hybridized carbons (Fsp3) is 0.889. The standard InChI is InChI=1S/C9H22N4/c1-8(2)7-13(9(10)11)6-5-12(3)4/h8H,5-7H2,1-4H3,(H3,10,11). The van der Waals surface area contributed by atoms with Crippen LogP contribution in [0.1, 0.15) is 13.8 Å². The van der Waals surface area contributed by atoms with Crippen molar-refractivity contribution in [2.45, 2.75) is 13.8 Å². The highest BCUT2D eigenvalue weighted by molar-refractivity contribution is 5.74. The fourth-order valence-electron chi connectivity index (χ4n) is 1.07. The van der Waals surface area contributed by atoms with Gasteiger partial charge in [0.15, 0.2) is 5.96 Å². The molecule has 78 valence electrons. The molecule has 0 radical (unpaired) electrons. The van der Waals surface area contributed by atoms with Crippen LogP contribution in [0.4, 0.5) is 0 Å². The van der Waals surface area contributed by atoms with Crippen LogP contribution >= 0.6 is 0 Å². The fourth-order valence-corrected chi connectivity index (χ4v) is 1.07. The van der Waals surface area contributed by atoms with Gasteiger partial charge in [0.05, 0.1) is 0 Å². The topological polar surface area (TPSA) is 56.4 Å². The first kappa shape index (κ1) is 12.2. The summed E-state index contributed by atoms with van der Waals surface area (Å²) >= 11 is 0. The first-order valence-electron chi connectivity index (χ1n) is 4.67. The number of nitrogens with zero attached hydrogens (tertiary/aromatic N) is 2. The van der Waals surface area contributed by atoms with E-state index in [-0.39, 0.29) is 5.96 Å². The largest absolute Gasteiger partial charge is 0.370 e. The minimum absolute atomic E-state index is 0.176. The lowest BCUT2D eigenvalue weighted by Gasteiger charge is -2.25. The summed E-state index contributed by atoms with van der Waals surface area (Å²) in [5.74, 6) is 0.724. The summed E-state index contributed by atoms with van der Waals surface area (Å²) in [6.45, 7) is 6.90. The first-order valence-corrected chi connectivity index (χ1v) is 4.67. The molecule has 0 saturated heterocycles. The Morgan fingerprint density at radius 1 is 1.31 bits per heavy atom. The van der Waals surface area contributed by atoms with E-state index in [0.717, 1.165) is 19.6 Å². The van der Waals surface area contributed by atoms with Gasteiger partial charge in [-0.15, -0.1) is 0 Å². The molecule has 0 heterocycles. The molecule has 0 aliphatic rings. The summed E-state index contributed by atoms with van der Waals surface area (Å²) in [7, 11) is 4.04. The molecule has 0 aliphatic carbocycles. The van der Waals surface area contributed by atoms with Gasteiger partial charge in [0.2, 0.25) is 0 Å². The maximum Gasteiger partial charge on any atom is 0.188 e. The summed E-state index contributed by atoms with van der Waals surface area (Å²) < 4.78 is 0. The second kappa shape index (κ2) is 5.80. The van der Waals surface area contributed by atoms with Crippen molar-refractivity contribution in [1.82, 2.24) is 9.80 Å². The molecule has 4 heteroatoms. The zero-order valence-corrected chi connectivity index (χ0v) is 9.17. The van der Waals surface area contributed by atoms with Crippen LogP contribution in [0.15, 0.2) is 0 Å². The molecule has 0 saturated carbocycles. The number of rotatable bonds is 5. The average Bonchev–Trinajstić information content (AvgIpc) is 1.96. The molecule has 0 amide bonds. The van der Waals surface area contributed by atoms with Gasteiger partial charge in [-0.1, -0.05) is 13.8 Å². The normalized spacial score (nSPS) is 10.9. The number of hydrogen-bond donors (Lipinski definition) is 2. The maximum atomic E-state index is 7.37. The van der Waals surface area contributed by atoms with Crippen LogP contribution in [0.5, 0.6) is 0 Å². The Hall–Kier alpha value is -0.770. The van der Waals surface area contributed by atoms with Crippen molar-refractivity contribution < 1.29 is 0 Å². The summed E-state index contributed by atoms with van der Waals surface area (Å²) in [6, 6.07) is 0. The minimum atomic E-state index is 0.176. The van der Waals surface area contributed by atoms with Gasteiger partial charge in [-0.2, -0.15) is 0 Å². The molecule has 13 heavy (non-hydrogen) atoms. The van der Waals surface area contributed by atoms with Crippen LogP contribution in [0.3, 0.4) is 0 Å². The van der Waals surface area contributed by atoms with Gasteiger partial charge in [-0.05, 0) is 20.0 Å². The third kappa shape index (κ3) is 6.40. The number of guanidine groups is 1. The van der Waals surface area contributed by atoms with Gasteiger partial charge in [-0.3, -0.25) is 5.41 Å². The molecule has 0 atom stereocenters. The van der Waals surface area contributed by atoms with E-state index >= 15 is 0 Å². The quantitative estimate of drug-likeness (QED) is 0.483. The van der Waals surface area contributed by atoms with Gasteiger partial charge in [0.1, 0.15) is 0 Å². The van der Waals surface area contributed by atoms with Crippen LogP contribution in [-0.2, 0) is 0 Å². The zero-order valence-electron chi connectivity index (χ0n) is 9.17. The highest BCUT2D eigenvalue weighted by Gasteiger charge is 2.08. The molecule has 0 aromatic carbocycles. The molecule has 0 bridgehead atoms. The highest BCUT2D eigenvalue weighted by atomic mass is 15.2. The van der Waals surface area contributed by atoms with Crippen molar-refractivity contribution in [3.8, 4) is 0 Å². The minimum Gasteiger partial charge on any atom is -0.370 e. The van der Waals surface area contributed by atoms with E-state index < -0.39 is 0 Å². The molecule has 0 aromatic rings. The predicted molar refractivity (Wildman–Crippen MR) is 56.9 cm³/mol. The van der Waals surface area contributed by atoms with Crippen LogP contribution in [0, 0.1) is 11.3 Å². The van der Waals surface area contributed by atoms with E-state index in [1.807, 2.05) is 19.0 Å². The van der Waals surface area contributed by atoms with Crippen molar-refractivity contribution in [2.24, 2.45) is 11.7 Å². The Kier molecular flexibility index (Phi) is 5.46. The Balaban J connectivity index is 3.88. The van der Waals surface area contributed by atoms with Crippen LogP contribution in [-0.4, -0.2) is 49.5 Å². The van der Waals surface area contributed by atoms with E-state index in [1.165, 1.54) is 0 Å². The van der Waals surface area contributed by atoms with E-state index in [1.54, 1.807) is 0 Å². The second-order valence-electron chi connectivity index (χ2n) is 4.03. The SMILES string of the molecule is CC(C)CN(CCN(C)C)C(=N)N. The first-order chi connectivity index (χ1) is 5.93. The lowest BCUT2D eigenvalue weighted by atomic mass is 10.2. The lowest BCUT2D eigenvalue weighted by molar-refractivity contribution is 0.304. The Morgan fingerprint density at radius 2 is 1.85 bits per heavy atom. The Morgan fingerprint density at radius 3 is 2.15 bits per heavy atom. The smallest absolute Gasteiger partial charge is 0.188 e. The molecule has 0 spiro atoms. The third-order valence-corrected chi connectivity index (χ3v) is 1.74. The second-order valence-corrected chi connectivity index (χ2v) is 4.03. The van der Waals surface area contributed by atoms with Crippen LogP contribution in [0.2, 0.25) is 0 Å². The zero-order chi connectivity index (χ0) is 10.4. The van der Waals surface area contributed by atoms with E-state index in [0.29, 0.717) is 5.92 Å². The van der Waals surface area contributed by atoms with E-state index in [9.17, 15) is 0 Å². The van der Waals surface area contributed by atoms with Gasteiger partial charge in [0, 0.05) is 19.6 Å². The molecule has 0 unspecified atom stereocenters. The molecular weight excluding hydrogens is 164 g/mol. The number of nitrogens with two attached hydrogens (primary N) is 1. The Labute approximate surface area is 81.2 Å². The summed E-state index contributed by atoms with van der Waals surface area (Å²) in [6.07, 6.45) is 0. The number of nitrogens with one attached hydrogen (secondary N) is 1. The number of hydrogen-bond acceptors (Lipinski definition) is 2. The number of likely N-dealkylation sites (N-methyl/N-ethyl adjacent to an activating group) is 1. The van der Waals surface area contributed by atoms with Crippen LogP contribution < -0.4 is 5.73 Å². The molecule has 0 aliphatic heterocycles. The van der Waals surface area contributed by atoms with Gasteiger partial charge in [0.25, 0.3) is 0 Å². The van der Waals surface area contributed by atoms with Crippen molar-refractivity contribution in [3.05, 3.63) is 0 Å². The third-order valence-electron chi connectivity index (χ3n) is 1.74.